The number of carbonyl (C=O) groups is 1. The zero-order chi connectivity index (χ0) is 42.3. The van der Waals surface area contributed by atoms with Crippen LogP contribution in [0.5, 0.6) is 17.4 Å². The molecule has 2 aromatic carbocycles. The maximum absolute atomic E-state index is 13.8. The first kappa shape index (κ1) is 42.6. The number of ether oxygens (including phenoxy) is 5. The molecule has 0 unspecified atom stereocenters. The van der Waals surface area contributed by atoms with E-state index in [2.05, 4.69) is 28.8 Å². The van der Waals surface area contributed by atoms with Crippen LogP contribution in [0.3, 0.4) is 0 Å². The minimum absolute atomic E-state index is 0.179. The number of nitrogens with zero attached hydrogens (tertiary/aromatic N) is 6. The van der Waals surface area contributed by atoms with Crippen LogP contribution < -0.4 is 14.2 Å². The van der Waals surface area contributed by atoms with Gasteiger partial charge in [-0.15, -0.1) is 0 Å². The Morgan fingerprint density at radius 3 is 2.54 bits per heavy atom. The van der Waals surface area contributed by atoms with Gasteiger partial charge < -0.3 is 28.6 Å². The fourth-order valence-corrected chi connectivity index (χ4v) is 9.10. The van der Waals surface area contributed by atoms with Gasteiger partial charge in [0.15, 0.2) is 5.82 Å². The van der Waals surface area contributed by atoms with Crippen molar-refractivity contribution in [2.24, 2.45) is 0 Å². The number of halogens is 1. The van der Waals surface area contributed by atoms with Crippen LogP contribution in [-0.2, 0) is 27.3 Å². The smallest absolute Gasteiger partial charge is 0.347 e. The van der Waals surface area contributed by atoms with E-state index in [1.165, 1.54) is 11.5 Å². The number of hydrogen-bond acceptors (Lipinski definition) is 13. The number of likely N-dealkylation sites (N-methyl/N-ethyl adjacent to an activating group) is 1. The minimum atomic E-state index is -1.01. The van der Waals surface area contributed by atoms with E-state index in [0.717, 1.165) is 108 Å². The number of para-hydroxylation sites is 2. The molecule has 1 atom stereocenters. The van der Waals surface area contributed by atoms with Crippen molar-refractivity contribution in [2.45, 2.75) is 71.0 Å². The van der Waals surface area contributed by atoms with Crippen LogP contribution in [0.25, 0.3) is 27.0 Å². The summed E-state index contributed by atoms with van der Waals surface area (Å²) >= 11 is 8.48. The maximum atomic E-state index is 13.8. The SMILES string of the molecule is CCOC(=O)[C@@H](Cc1ccccc1OCc1ccnc(-c2ccccc2OC)n1)Oc1nsc2cnc(C3CCC3)c(C3=C(C)C(Cl)=C(OCCN4CCN(C)CC4)CC3)c12. The van der Waals surface area contributed by atoms with Crippen molar-refractivity contribution in [1.29, 1.82) is 0 Å². The van der Waals surface area contributed by atoms with Crippen molar-refractivity contribution in [1.82, 2.24) is 29.1 Å². The van der Waals surface area contributed by atoms with Gasteiger partial charge >= 0.3 is 5.97 Å². The Labute approximate surface area is 366 Å². The topological polar surface area (TPSA) is 121 Å². The fraction of sp³-hybridized carbons (Fsp3) is 0.426. The largest absolute Gasteiger partial charge is 0.496 e. The summed E-state index contributed by atoms with van der Waals surface area (Å²) in [5.74, 6) is 2.88. The highest BCUT2D eigenvalue weighted by Crippen LogP contribution is 2.48. The van der Waals surface area contributed by atoms with Crippen LogP contribution >= 0.6 is 23.1 Å². The summed E-state index contributed by atoms with van der Waals surface area (Å²) in [6.45, 7) is 9.95. The Morgan fingerprint density at radius 2 is 1.77 bits per heavy atom. The highest BCUT2D eigenvalue weighted by Gasteiger charge is 2.33. The van der Waals surface area contributed by atoms with Crippen LogP contribution in [0.15, 0.2) is 83.4 Å². The molecule has 320 valence electrons. The van der Waals surface area contributed by atoms with Crippen molar-refractivity contribution < 1.29 is 28.5 Å². The first-order valence-electron chi connectivity index (χ1n) is 21.2. The van der Waals surface area contributed by atoms with E-state index >= 15 is 0 Å². The number of carbonyl (C=O) groups excluding carboxylic acids is 1. The quantitative estimate of drug-likeness (QED) is 0.0831. The second-order valence-corrected chi connectivity index (χ2v) is 16.9. The van der Waals surface area contributed by atoms with Crippen molar-refractivity contribution in [3.8, 4) is 28.8 Å². The number of rotatable bonds is 17. The van der Waals surface area contributed by atoms with Gasteiger partial charge in [-0.3, -0.25) is 9.88 Å². The molecule has 0 amide bonds. The Bertz CT molecular complexity index is 2410. The maximum Gasteiger partial charge on any atom is 0.347 e. The second-order valence-electron chi connectivity index (χ2n) is 15.7. The molecular formula is C47H53ClN6O6S. The highest BCUT2D eigenvalue weighted by atomic mass is 35.5. The lowest BCUT2D eigenvalue weighted by Gasteiger charge is -2.32. The molecule has 61 heavy (non-hydrogen) atoms. The van der Waals surface area contributed by atoms with Crippen LogP contribution in [0, 0.1) is 0 Å². The third kappa shape index (κ3) is 9.70. The molecule has 3 aromatic heterocycles. The fourth-order valence-electron chi connectivity index (χ4n) is 8.14. The van der Waals surface area contributed by atoms with Crippen molar-refractivity contribution in [2.75, 3.05) is 60.1 Å². The molecule has 0 spiro atoms. The summed E-state index contributed by atoms with van der Waals surface area (Å²) < 4.78 is 36.3. The third-order valence-electron chi connectivity index (χ3n) is 11.8. The summed E-state index contributed by atoms with van der Waals surface area (Å²) in [5, 5.41) is 1.51. The zero-order valence-electron chi connectivity index (χ0n) is 35.3. The van der Waals surface area contributed by atoms with E-state index in [1.807, 2.05) is 60.8 Å². The summed E-state index contributed by atoms with van der Waals surface area (Å²) in [5.41, 5.74) is 6.39. The number of piperazine rings is 1. The predicted molar refractivity (Wildman–Crippen MR) is 238 cm³/mol. The van der Waals surface area contributed by atoms with Crippen molar-refractivity contribution >= 4 is 44.8 Å². The summed E-state index contributed by atoms with van der Waals surface area (Å²) in [4.78, 5) is 32.9. The van der Waals surface area contributed by atoms with E-state index in [0.29, 0.717) is 52.9 Å². The third-order valence-corrected chi connectivity index (χ3v) is 13.1. The molecule has 1 saturated carbocycles. The van der Waals surface area contributed by atoms with E-state index in [9.17, 15) is 4.79 Å². The highest BCUT2D eigenvalue weighted by molar-refractivity contribution is 7.13. The molecule has 5 aromatic rings. The Hall–Kier alpha value is -5.08. The average Bonchev–Trinajstić information content (AvgIpc) is 3.67. The molecule has 0 radical (unpaired) electrons. The molecule has 3 aliphatic rings. The van der Waals surface area contributed by atoms with Crippen LogP contribution in [0.1, 0.15) is 74.4 Å². The molecule has 2 fully saturated rings. The van der Waals surface area contributed by atoms with Gasteiger partial charge in [-0.25, -0.2) is 14.8 Å². The number of pyridine rings is 1. The summed E-state index contributed by atoms with van der Waals surface area (Å²) in [6.07, 6.45) is 7.49. The molecule has 2 aliphatic carbocycles. The van der Waals surface area contributed by atoms with E-state index in [1.54, 1.807) is 20.2 Å². The van der Waals surface area contributed by atoms with Crippen LogP contribution in [0.2, 0.25) is 0 Å². The molecule has 0 bridgehead atoms. The van der Waals surface area contributed by atoms with Crippen LogP contribution in [0.4, 0.5) is 0 Å². The number of allylic oxidation sites excluding steroid dienone is 4. The number of esters is 1. The van der Waals surface area contributed by atoms with Gasteiger partial charge in [0, 0.05) is 69.4 Å². The molecule has 1 saturated heterocycles. The van der Waals surface area contributed by atoms with Gasteiger partial charge in [-0.1, -0.05) is 48.4 Å². The van der Waals surface area contributed by atoms with Gasteiger partial charge in [0.1, 0.15) is 30.5 Å². The summed E-state index contributed by atoms with van der Waals surface area (Å²) in [6, 6.07) is 17.1. The molecule has 4 heterocycles. The monoisotopic (exact) mass is 864 g/mol. The van der Waals surface area contributed by atoms with Crippen LogP contribution in [-0.4, -0.2) is 101 Å². The number of hydrogen-bond donors (Lipinski definition) is 0. The second kappa shape index (κ2) is 19.7. The van der Waals surface area contributed by atoms with Gasteiger partial charge in [0.05, 0.1) is 45.8 Å². The van der Waals surface area contributed by atoms with E-state index in [4.69, 9.17) is 49.6 Å². The number of benzene rings is 2. The van der Waals surface area contributed by atoms with Gasteiger partial charge in [-0.2, -0.15) is 4.37 Å². The predicted octanol–water partition coefficient (Wildman–Crippen LogP) is 8.84. The molecule has 1 aliphatic heterocycles. The minimum Gasteiger partial charge on any atom is -0.496 e. The number of methoxy groups -OCH3 is 1. The van der Waals surface area contributed by atoms with Gasteiger partial charge in [-0.05, 0) is 92.7 Å². The Balaban J connectivity index is 1.06. The molecule has 14 heteroatoms. The average molecular weight is 865 g/mol. The normalized spacial score (nSPS) is 17.0. The lowest BCUT2D eigenvalue weighted by molar-refractivity contribution is -0.151. The zero-order valence-corrected chi connectivity index (χ0v) is 36.9. The molecule has 8 rings (SSSR count). The molecular weight excluding hydrogens is 812 g/mol. The Morgan fingerprint density at radius 1 is 0.984 bits per heavy atom. The van der Waals surface area contributed by atoms with Gasteiger partial charge in [0.2, 0.25) is 12.0 Å². The Kier molecular flexibility index (Phi) is 13.8. The standard InChI is InChI=1S/C47H53ClN6O6S/c1-5-57-47(55)39(27-32-11-6-8-15-36(32)59-29-33-19-20-49-45(51-33)35-14-7-9-16-37(35)56-4)60-46-42-40(61-52-46)28-50-44(31-12-10-13-31)41(42)34-17-18-38(43(48)30(34)2)58-26-25-54-23-21-53(3)22-24-54/h6-9,11,14-16,19-20,28,31,39H,5,10,12-13,17-18,21-27,29H2,1-4H3/t39-/m1/s1. The number of aromatic nitrogens is 4. The first-order valence-corrected chi connectivity index (χ1v) is 22.4. The van der Waals surface area contributed by atoms with E-state index in [-0.39, 0.29) is 19.6 Å². The van der Waals surface area contributed by atoms with Crippen molar-refractivity contribution in [3.63, 3.8) is 0 Å². The molecule has 0 N–H and O–H groups in total. The van der Waals surface area contributed by atoms with E-state index < -0.39 is 12.1 Å². The lowest BCUT2D eigenvalue weighted by atomic mass is 9.77. The van der Waals surface area contributed by atoms with Gasteiger partial charge in [0.25, 0.3) is 0 Å². The summed E-state index contributed by atoms with van der Waals surface area (Å²) in [7, 11) is 3.79. The first-order chi connectivity index (χ1) is 29.8. The molecule has 12 nitrogen and oxygen atoms in total. The number of fused-ring (bicyclic) bond motifs is 1. The van der Waals surface area contributed by atoms with Crippen molar-refractivity contribution in [3.05, 3.63) is 106 Å². The lowest BCUT2D eigenvalue weighted by Crippen LogP contribution is -2.45.